The predicted molar refractivity (Wildman–Crippen MR) is 83.4 cm³/mol. The van der Waals surface area contributed by atoms with Crippen molar-refractivity contribution in [1.29, 1.82) is 0 Å². The Bertz CT molecular complexity index is 642. The molecule has 1 aromatic carbocycles. The Morgan fingerprint density at radius 3 is 2.57 bits per heavy atom. The highest BCUT2D eigenvalue weighted by atomic mass is 16.3. The van der Waals surface area contributed by atoms with E-state index in [2.05, 4.69) is 18.3 Å². The zero-order chi connectivity index (χ0) is 15.0. The van der Waals surface area contributed by atoms with Crippen LogP contribution in [0.25, 0.3) is 11.0 Å². The first-order valence-corrected chi connectivity index (χ1v) is 7.56. The monoisotopic (exact) mass is 286 g/mol. The molecular weight excluding hydrogens is 264 g/mol. The first-order valence-electron chi connectivity index (χ1n) is 7.56. The Morgan fingerprint density at radius 2 is 1.90 bits per heavy atom. The van der Waals surface area contributed by atoms with E-state index in [1.807, 2.05) is 19.1 Å². The number of aryl methyl sites for hydroxylation is 2. The maximum Gasteiger partial charge on any atom is 0.287 e. The van der Waals surface area contributed by atoms with Gasteiger partial charge in [-0.05, 0) is 56.0 Å². The molecule has 1 aliphatic carbocycles. The third-order valence-electron chi connectivity index (χ3n) is 4.69. The van der Waals surface area contributed by atoms with Crippen molar-refractivity contribution in [1.82, 2.24) is 5.32 Å². The van der Waals surface area contributed by atoms with Gasteiger partial charge in [-0.1, -0.05) is 12.8 Å². The molecule has 1 aromatic heterocycles. The summed E-state index contributed by atoms with van der Waals surface area (Å²) in [5.74, 6) is 0.212. The van der Waals surface area contributed by atoms with E-state index in [0.29, 0.717) is 12.3 Å². The van der Waals surface area contributed by atoms with Crippen LogP contribution < -0.4 is 11.1 Å². The van der Waals surface area contributed by atoms with Gasteiger partial charge < -0.3 is 15.5 Å². The SMILES string of the molecule is Cc1cc2cc(C(=O)NC3(CN)CCCC3)oc2cc1C. The third kappa shape index (κ3) is 2.56. The molecule has 1 heterocycles. The van der Waals surface area contributed by atoms with Crippen molar-refractivity contribution in [2.45, 2.75) is 45.1 Å². The molecular formula is C17H22N2O2. The summed E-state index contributed by atoms with van der Waals surface area (Å²) >= 11 is 0. The standard InChI is InChI=1S/C17H22N2O2/c1-11-7-13-9-15(21-14(13)8-12(11)2)16(20)19-17(10-18)5-3-4-6-17/h7-9H,3-6,10,18H2,1-2H3,(H,19,20). The van der Waals surface area contributed by atoms with Crippen molar-refractivity contribution in [2.75, 3.05) is 6.54 Å². The summed E-state index contributed by atoms with van der Waals surface area (Å²) < 4.78 is 5.71. The highest BCUT2D eigenvalue weighted by Gasteiger charge is 2.34. The summed E-state index contributed by atoms with van der Waals surface area (Å²) in [4.78, 5) is 12.4. The lowest BCUT2D eigenvalue weighted by Crippen LogP contribution is -2.51. The molecule has 0 unspecified atom stereocenters. The van der Waals surface area contributed by atoms with E-state index in [1.165, 1.54) is 5.56 Å². The number of nitrogens with one attached hydrogen (secondary N) is 1. The molecule has 0 aliphatic heterocycles. The van der Waals surface area contributed by atoms with Crippen LogP contribution in [0.4, 0.5) is 0 Å². The minimum absolute atomic E-state index is 0.158. The smallest absolute Gasteiger partial charge is 0.287 e. The van der Waals surface area contributed by atoms with Crippen LogP contribution in [0.3, 0.4) is 0 Å². The minimum Gasteiger partial charge on any atom is -0.451 e. The summed E-state index contributed by atoms with van der Waals surface area (Å²) in [5.41, 5.74) is 8.74. The molecule has 4 nitrogen and oxygen atoms in total. The Morgan fingerprint density at radius 1 is 1.24 bits per heavy atom. The van der Waals surface area contributed by atoms with Gasteiger partial charge in [0.15, 0.2) is 5.76 Å². The van der Waals surface area contributed by atoms with Crippen molar-refractivity contribution in [3.05, 3.63) is 35.1 Å². The number of nitrogens with two attached hydrogens (primary N) is 1. The number of carbonyl (C=O) groups is 1. The van der Waals surface area contributed by atoms with Crippen molar-refractivity contribution in [2.24, 2.45) is 5.73 Å². The number of carbonyl (C=O) groups excluding carboxylic acids is 1. The van der Waals surface area contributed by atoms with E-state index < -0.39 is 0 Å². The minimum atomic E-state index is -0.248. The van der Waals surface area contributed by atoms with E-state index >= 15 is 0 Å². The Hall–Kier alpha value is -1.81. The van der Waals surface area contributed by atoms with Crippen LogP contribution in [-0.2, 0) is 0 Å². The lowest BCUT2D eigenvalue weighted by atomic mass is 9.97. The van der Waals surface area contributed by atoms with E-state index in [-0.39, 0.29) is 11.4 Å². The van der Waals surface area contributed by atoms with Crippen LogP contribution in [0.2, 0.25) is 0 Å². The molecule has 0 radical (unpaired) electrons. The van der Waals surface area contributed by atoms with Gasteiger partial charge in [-0.3, -0.25) is 4.79 Å². The first-order chi connectivity index (χ1) is 10.0. The van der Waals surface area contributed by atoms with E-state index in [9.17, 15) is 4.79 Å². The number of furan rings is 1. The second-order valence-corrected chi connectivity index (χ2v) is 6.23. The Labute approximate surface area is 124 Å². The molecule has 2 aromatic rings. The number of rotatable bonds is 3. The van der Waals surface area contributed by atoms with Crippen LogP contribution >= 0.6 is 0 Å². The lowest BCUT2D eigenvalue weighted by Gasteiger charge is -2.28. The molecule has 1 saturated carbocycles. The molecule has 0 saturated heterocycles. The maximum absolute atomic E-state index is 12.4. The number of amides is 1. The second-order valence-electron chi connectivity index (χ2n) is 6.23. The van der Waals surface area contributed by atoms with Gasteiger partial charge >= 0.3 is 0 Å². The molecule has 0 atom stereocenters. The zero-order valence-electron chi connectivity index (χ0n) is 12.7. The van der Waals surface area contributed by atoms with Gasteiger partial charge in [0.2, 0.25) is 0 Å². The van der Waals surface area contributed by atoms with E-state index in [0.717, 1.165) is 42.2 Å². The van der Waals surface area contributed by atoms with Crippen molar-refractivity contribution < 1.29 is 9.21 Å². The number of benzene rings is 1. The summed E-state index contributed by atoms with van der Waals surface area (Å²) in [6, 6.07) is 5.85. The zero-order valence-corrected chi connectivity index (χ0v) is 12.7. The van der Waals surface area contributed by atoms with Gasteiger partial charge in [0.1, 0.15) is 5.58 Å². The molecule has 21 heavy (non-hydrogen) atoms. The highest BCUT2D eigenvalue weighted by molar-refractivity contribution is 5.96. The molecule has 3 N–H and O–H groups in total. The fourth-order valence-electron chi connectivity index (χ4n) is 3.15. The fourth-order valence-corrected chi connectivity index (χ4v) is 3.15. The van der Waals surface area contributed by atoms with Gasteiger partial charge in [-0.25, -0.2) is 0 Å². The quantitative estimate of drug-likeness (QED) is 0.911. The third-order valence-corrected chi connectivity index (χ3v) is 4.69. The van der Waals surface area contributed by atoms with Gasteiger partial charge in [0.25, 0.3) is 5.91 Å². The molecule has 112 valence electrons. The first kappa shape index (κ1) is 14.1. The number of hydrogen-bond acceptors (Lipinski definition) is 3. The largest absolute Gasteiger partial charge is 0.451 e. The average Bonchev–Trinajstić information content (AvgIpc) is 3.07. The van der Waals surface area contributed by atoms with Gasteiger partial charge in [-0.15, -0.1) is 0 Å². The molecule has 3 rings (SSSR count). The topological polar surface area (TPSA) is 68.3 Å². The van der Waals surface area contributed by atoms with E-state index in [1.54, 1.807) is 0 Å². The fraction of sp³-hybridized carbons (Fsp3) is 0.471. The normalized spacial score (nSPS) is 17.3. The number of fused-ring (bicyclic) bond motifs is 1. The van der Waals surface area contributed by atoms with Crippen molar-refractivity contribution >= 4 is 16.9 Å². The number of hydrogen-bond donors (Lipinski definition) is 2. The van der Waals surface area contributed by atoms with Crippen molar-refractivity contribution in [3.63, 3.8) is 0 Å². The summed E-state index contributed by atoms with van der Waals surface area (Å²) in [7, 11) is 0. The molecule has 1 aliphatic rings. The van der Waals surface area contributed by atoms with Crippen LogP contribution in [0.15, 0.2) is 22.6 Å². The van der Waals surface area contributed by atoms with Crippen LogP contribution in [-0.4, -0.2) is 18.0 Å². The molecule has 0 spiro atoms. The predicted octanol–water partition coefficient (Wildman–Crippen LogP) is 3.05. The maximum atomic E-state index is 12.4. The van der Waals surface area contributed by atoms with Crippen LogP contribution in [0.1, 0.15) is 47.4 Å². The molecule has 1 amide bonds. The summed E-state index contributed by atoms with van der Waals surface area (Å²) in [5, 5.41) is 4.06. The molecule has 4 heteroatoms. The molecule has 1 fully saturated rings. The lowest BCUT2D eigenvalue weighted by molar-refractivity contribution is 0.0876. The highest BCUT2D eigenvalue weighted by Crippen LogP contribution is 2.30. The van der Waals surface area contributed by atoms with Crippen LogP contribution in [0.5, 0.6) is 0 Å². The molecule has 0 bridgehead atoms. The summed E-state index contributed by atoms with van der Waals surface area (Å²) in [6.45, 7) is 4.58. The van der Waals surface area contributed by atoms with Crippen LogP contribution in [0, 0.1) is 13.8 Å². The van der Waals surface area contributed by atoms with Crippen molar-refractivity contribution in [3.8, 4) is 0 Å². The van der Waals surface area contributed by atoms with E-state index in [4.69, 9.17) is 10.2 Å². The Balaban J connectivity index is 1.88. The second kappa shape index (κ2) is 5.19. The summed E-state index contributed by atoms with van der Waals surface area (Å²) in [6.07, 6.45) is 4.15. The average molecular weight is 286 g/mol. The van der Waals surface area contributed by atoms with Gasteiger partial charge in [-0.2, -0.15) is 0 Å². The van der Waals surface area contributed by atoms with Gasteiger partial charge in [0.05, 0.1) is 5.54 Å². The van der Waals surface area contributed by atoms with Gasteiger partial charge in [0, 0.05) is 11.9 Å². The Kier molecular flexibility index (Phi) is 3.49.